The molecule has 3 aromatic carbocycles. The van der Waals surface area contributed by atoms with Crippen LogP contribution in [-0.4, -0.2) is 25.9 Å². The predicted molar refractivity (Wildman–Crippen MR) is 224 cm³/mol. The number of nitrogens with one attached hydrogen (secondary N) is 2. The van der Waals surface area contributed by atoms with E-state index in [4.69, 9.17) is 20.0 Å². The number of fused-ring (bicyclic) bond motifs is 8. The summed E-state index contributed by atoms with van der Waals surface area (Å²) in [7, 11) is 0. The van der Waals surface area contributed by atoms with Gasteiger partial charge in [-0.3, -0.25) is 4.79 Å². The van der Waals surface area contributed by atoms with Gasteiger partial charge in [0.1, 0.15) is 12.2 Å². The average Bonchev–Trinajstić information content (AvgIpc) is 4.05. The second-order valence-electron chi connectivity index (χ2n) is 13.5. The monoisotopic (exact) mass is 786 g/mol. The van der Waals surface area contributed by atoms with Gasteiger partial charge in [-0.25, -0.2) is 9.97 Å². The van der Waals surface area contributed by atoms with Crippen molar-refractivity contribution in [3.05, 3.63) is 148 Å². The molecule has 0 fully saturated rings. The molecule has 0 unspecified atom stereocenters. The summed E-state index contributed by atoms with van der Waals surface area (Å²) in [4.78, 5) is 31.5. The number of thiophene rings is 1. The van der Waals surface area contributed by atoms with E-state index in [1.54, 1.807) is 23.5 Å². The SMILES string of the molecule is Cc1ccc(-c2c3nc(c(-c4cccs4)c4ccc([nH]4)c(-c4ccc(C)cc4)c4nc(c(-c5ccc(OC(=O)CC#N)cc5)c5ccc2[nH]5)C=C4)C=C3)cc1.[Mn]. The summed E-state index contributed by atoms with van der Waals surface area (Å²) in [5.41, 5.74) is 16.2. The molecule has 7 nitrogen and oxygen atoms in total. The van der Waals surface area contributed by atoms with Crippen LogP contribution < -0.4 is 4.74 Å². The van der Waals surface area contributed by atoms with Gasteiger partial charge in [0.15, 0.2) is 0 Å². The number of nitriles is 1. The minimum atomic E-state index is -0.598. The van der Waals surface area contributed by atoms with Crippen LogP contribution in [0.5, 0.6) is 5.75 Å². The Bertz CT molecular complexity index is 2850. The molecule has 2 N–H and O–H groups in total. The number of hydrogen-bond donors (Lipinski definition) is 2. The number of esters is 1. The number of carbonyl (C=O) groups is 1. The summed E-state index contributed by atoms with van der Waals surface area (Å²) in [6.45, 7) is 4.18. The minimum absolute atomic E-state index is 0. The second-order valence-corrected chi connectivity index (χ2v) is 14.5. The third-order valence-electron chi connectivity index (χ3n) is 9.80. The van der Waals surface area contributed by atoms with Gasteiger partial charge in [-0.1, -0.05) is 77.9 Å². The smallest absolute Gasteiger partial charge is 0.325 e. The second kappa shape index (κ2) is 15.3. The molecule has 0 atom stereocenters. The fourth-order valence-electron chi connectivity index (χ4n) is 7.16. The zero-order valence-corrected chi connectivity index (χ0v) is 32.4. The summed E-state index contributed by atoms with van der Waals surface area (Å²) < 4.78 is 5.40. The number of carbonyl (C=O) groups excluding carboxylic acids is 1. The molecular weight excluding hydrogens is 754 g/mol. The van der Waals surface area contributed by atoms with Gasteiger partial charge in [-0.05, 0) is 103 Å². The molecule has 0 saturated heterocycles. The summed E-state index contributed by atoms with van der Waals surface area (Å²) in [6, 6.07) is 38.9. The first-order valence-electron chi connectivity index (χ1n) is 17.9. The molecule has 271 valence electrons. The molecule has 1 radical (unpaired) electrons. The zero-order chi connectivity index (χ0) is 37.5. The molecule has 2 aliphatic rings. The van der Waals surface area contributed by atoms with Crippen molar-refractivity contribution in [1.29, 1.82) is 5.26 Å². The summed E-state index contributed by atoms with van der Waals surface area (Å²) in [5.74, 6) is -0.232. The molecule has 9 rings (SSSR count). The van der Waals surface area contributed by atoms with Crippen molar-refractivity contribution in [3.63, 3.8) is 0 Å². The van der Waals surface area contributed by atoms with Gasteiger partial charge in [0.25, 0.3) is 0 Å². The van der Waals surface area contributed by atoms with Crippen LogP contribution in [0.1, 0.15) is 40.3 Å². The van der Waals surface area contributed by atoms with Crippen LogP contribution in [0.3, 0.4) is 0 Å². The molecule has 0 aliphatic carbocycles. The standard InChI is InChI=1S/C47H33N5O2S.Mn/c1-28-5-9-30(10-6-28)44-34-17-19-36(49-34)46(32-13-15-33(16-14-32)54-43(53)25-26-48)37-20-18-35(50-37)45(31-11-7-29(2)8-12-31)39-22-24-41(52-39)47(42-4-3-27-55-42)40-23-21-38(44)51-40;/h3-24,27,49,52H,25H2,1-2H3;. The molecule has 56 heavy (non-hydrogen) atoms. The summed E-state index contributed by atoms with van der Waals surface area (Å²) in [5, 5.41) is 11.0. The normalized spacial score (nSPS) is 11.6. The number of rotatable bonds is 6. The number of benzene rings is 3. The number of nitrogens with zero attached hydrogens (tertiary/aromatic N) is 3. The first-order chi connectivity index (χ1) is 26.9. The van der Waals surface area contributed by atoms with E-state index >= 15 is 0 Å². The Hall–Kier alpha value is -6.56. The number of aromatic amines is 2. The fourth-order valence-corrected chi connectivity index (χ4v) is 7.95. The average molecular weight is 787 g/mol. The number of H-pyrrole nitrogens is 2. The van der Waals surface area contributed by atoms with Crippen molar-refractivity contribution in [2.24, 2.45) is 0 Å². The maximum atomic E-state index is 12.1. The molecule has 0 saturated carbocycles. The Labute approximate surface area is 338 Å². The largest absolute Gasteiger partial charge is 0.426 e. The Morgan fingerprint density at radius 1 is 0.607 bits per heavy atom. The van der Waals surface area contributed by atoms with Gasteiger partial charge in [0.05, 0.1) is 28.8 Å². The van der Waals surface area contributed by atoms with Crippen molar-refractivity contribution >= 4 is 63.7 Å². The zero-order valence-electron chi connectivity index (χ0n) is 30.4. The van der Waals surface area contributed by atoms with Crippen LogP contribution in [0.25, 0.3) is 90.2 Å². The Morgan fingerprint density at radius 2 is 1.02 bits per heavy atom. The van der Waals surface area contributed by atoms with Crippen molar-refractivity contribution in [2.45, 2.75) is 20.3 Å². The molecular formula is C47H33MnN5O2S. The summed E-state index contributed by atoms with van der Waals surface area (Å²) >= 11 is 1.69. The first-order valence-corrected chi connectivity index (χ1v) is 18.8. The number of ether oxygens (including phenoxy) is 1. The van der Waals surface area contributed by atoms with E-state index in [0.29, 0.717) is 5.75 Å². The van der Waals surface area contributed by atoms with Crippen LogP contribution >= 0.6 is 11.3 Å². The minimum Gasteiger partial charge on any atom is -0.426 e. The van der Waals surface area contributed by atoms with E-state index in [0.717, 1.165) is 88.7 Å². The molecule has 7 aromatic rings. The molecule has 0 spiro atoms. The fraction of sp³-hybridized carbons (Fsp3) is 0.0638. The number of hydrogen-bond acceptors (Lipinski definition) is 6. The van der Waals surface area contributed by atoms with Crippen molar-refractivity contribution in [1.82, 2.24) is 19.9 Å². The topological polar surface area (TPSA) is 107 Å². The van der Waals surface area contributed by atoms with Gasteiger partial charge < -0.3 is 14.7 Å². The Kier molecular flexibility index (Phi) is 9.94. The van der Waals surface area contributed by atoms with Crippen LogP contribution in [0, 0.1) is 25.2 Å². The van der Waals surface area contributed by atoms with Gasteiger partial charge in [-0.15, -0.1) is 11.3 Å². The third kappa shape index (κ3) is 6.94. The van der Waals surface area contributed by atoms with E-state index < -0.39 is 5.97 Å². The van der Waals surface area contributed by atoms with Crippen LogP contribution in [0.15, 0.2) is 115 Å². The van der Waals surface area contributed by atoms with Gasteiger partial charge in [-0.2, -0.15) is 5.26 Å². The van der Waals surface area contributed by atoms with Crippen molar-refractivity contribution in [3.8, 4) is 55.6 Å². The first kappa shape index (κ1) is 36.4. The Balaban J connectivity index is 0.00000441. The maximum Gasteiger partial charge on any atom is 0.325 e. The maximum absolute atomic E-state index is 12.1. The van der Waals surface area contributed by atoms with E-state index in [2.05, 4.69) is 138 Å². The third-order valence-corrected chi connectivity index (χ3v) is 10.7. The molecule has 8 bridgehead atoms. The molecule has 2 aliphatic heterocycles. The molecule has 9 heteroatoms. The Morgan fingerprint density at radius 3 is 1.43 bits per heavy atom. The van der Waals surface area contributed by atoms with E-state index in [1.165, 1.54) is 11.1 Å². The summed E-state index contributed by atoms with van der Waals surface area (Å²) in [6.07, 6.45) is 8.02. The number of aryl methyl sites for hydroxylation is 2. The van der Waals surface area contributed by atoms with Crippen molar-refractivity contribution < 1.29 is 26.6 Å². The van der Waals surface area contributed by atoms with Crippen LogP contribution in [-0.2, 0) is 21.9 Å². The van der Waals surface area contributed by atoms with Gasteiger partial charge in [0.2, 0.25) is 0 Å². The molecule has 6 heterocycles. The predicted octanol–water partition coefficient (Wildman–Crippen LogP) is 11.8. The van der Waals surface area contributed by atoms with E-state index in [-0.39, 0.29) is 23.5 Å². The quantitative estimate of drug-likeness (QED) is 0.0991. The van der Waals surface area contributed by atoms with Gasteiger partial charge >= 0.3 is 5.97 Å². The van der Waals surface area contributed by atoms with E-state index in [1.807, 2.05) is 18.2 Å². The van der Waals surface area contributed by atoms with E-state index in [9.17, 15) is 4.79 Å². The van der Waals surface area contributed by atoms with Crippen molar-refractivity contribution in [2.75, 3.05) is 0 Å². The number of aromatic nitrogens is 4. The molecule has 0 amide bonds. The van der Waals surface area contributed by atoms with Crippen LogP contribution in [0.2, 0.25) is 0 Å². The van der Waals surface area contributed by atoms with Gasteiger partial charge in [0, 0.05) is 66.3 Å². The van der Waals surface area contributed by atoms with Crippen LogP contribution in [0.4, 0.5) is 0 Å². The molecule has 4 aromatic heterocycles.